The molecule has 0 atom stereocenters. The molecule has 92 valence electrons. The third kappa shape index (κ3) is 5.03. The molecule has 0 unspecified atom stereocenters. The summed E-state index contributed by atoms with van der Waals surface area (Å²) in [5.41, 5.74) is 0. The molecule has 1 heterocycles. The first-order valence-electron chi connectivity index (χ1n) is 6.92. The molecular formula is C15H27N. The molecule has 0 aromatic carbocycles. The van der Waals surface area contributed by atoms with Crippen molar-refractivity contribution in [2.45, 2.75) is 52.9 Å². The number of nitrogens with zero attached hydrogens (tertiary/aromatic N) is 1. The van der Waals surface area contributed by atoms with Gasteiger partial charge < -0.3 is 0 Å². The zero-order valence-corrected chi connectivity index (χ0v) is 11.3. The second-order valence-electron chi connectivity index (χ2n) is 5.31. The van der Waals surface area contributed by atoms with E-state index in [0.717, 1.165) is 24.8 Å². The fraction of sp³-hybridized carbons (Fsp3) is 0.867. The molecule has 1 heteroatoms. The topological polar surface area (TPSA) is 3.24 Å². The van der Waals surface area contributed by atoms with Crippen LogP contribution in [0.2, 0.25) is 0 Å². The summed E-state index contributed by atoms with van der Waals surface area (Å²) in [7, 11) is 0. The van der Waals surface area contributed by atoms with Crippen LogP contribution in [0.5, 0.6) is 0 Å². The zero-order chi connectivity index (χ0) is 11.8. The summed E-state index contributed by atoms with van der Waals surface area (Å²) in [5, 5.41) is 0. The van der Waals surface area contributed by atoms with E-state index in [0.29, 0.717) is 0 Å². The average Bonchev–Trinajstić information content (AvgIpc) is 2.29. The first-order valence-corrected chi connectivity index (χ1v) is 6.92. The molecule has 0 bridgehead atoms. The number of likely N-dealkylation sites (tertiary alicyclic amines) is 1. The Morgan fingerprint density at radius 2 is 1.88 bits per heavy atom. The minimum atomic E-state index is 0.859. The third-order valence-corrected chi connectivity index (χ3v) is 3.66. The van der Waals surface area contributed by atoms with Crippen LogP contribution in [0.15, 0.2) is 0 Å². The molecule has 0 spiro atoms. The summed E-state index contributed by atoms with van der Waals surface area (Å²) in [6.45, 7) is 10.4. The third-order valence-electron chi connectivity index (χ3n) is 3.66. The average molecular weight is 221 g/mol. The van der Waals surface area contributed by atoms with Crippen LogP contribution in [-0.2, 0) is 0 Å². The molecule has 1 aliphatic heterocycles. The van der Waals surface area contributed by atoms with Gasteiger partial charge in [0.25, 0.3) is 0 Å². The highest BCUT2D eigenvalue weighted by atomic mass is 15.1. The van der Waals surface area contributed by atoms with Crippen molar-refractivity contribution < 1.29 is 0 Å². The Hall–Kier alpha value is -0.480. The molecule has 0 aliphatic carbocycles. The summed E-state index contributed by atoms with van der Waals surface area (Å²) in [6, 6.07) is 0. The van der Waals surface area contributed by atoms with Gasteiger partial charge in [-0.25, -0.2) is 0 Å². The molecule has 0 aromatic heterocycles. The molecule has 1 aliphatic rings. The van der Waals surface area contributed by atoms with Crippen molar-refractivity contribution in [3.05, 3.63) is 0 Å². The van der Waals surface area contributed by atoms with Crippen molar-refractivity contribution in [2.75, 3.05) is 19.6 Å². The van der Waals surface area contributed by atoms with Gasteiger partial charge in [0, 0.05) is 6.42 Å². The molecule has 1 rings (SSSR count). The Balaban J connectivity index is 2.14. The maximum Gasteiger partial charge on any atom is 0.0601 e. The normalized spacial score (nSPS) is 18.5. The lowest BCUT2D eigenvalue weighted by atomic mass is 9.87. The van der Waals surface area contributed by atoms with Crippen LogP contribution < -0.4 is 0 Å². The number of piperidine rings is 1. The van der Waals surface area contributed by atoms with Gasteiger partial charge in [-0.1, -0.05) is 33.1 Å². The lowest BCUT2D eigenvalue weighted by Gasteiger charge is -2.32. The van der Waals surface area contributed by atoms with Gasteiger partial charge in [-0.3, -0.25) is 4.90 Å². The Labute approximate surface area is 102 Å². The van der Waals surface area contributed by atoms with Crippen molar-refractivity contribution in [2.24, 2.45) is 11.8 Å². The van der Waals surface area contributed by atoms with Crippen LogP contribution in [0.1, 0.15) is 52.9 Å². The number of rotatable bonds is 4. The maximum atomic E-state index is 3.31. The quantitative estimate of drug-likeness (QED) is 0.518. The predicted octanol–water partition coefficient (Wildman–Crippen LogP) is 3.55. The minimum absolute atomic E-state index is 0.859. The molecule has 0 N–H and O–H groups in total. The highest BCUT2D eigenvalue weighted by Gasteiger charge is 2.20. The van der Waals surface area contributed by atoms with Crippen LogP contribution >= 0.6 is 0 Å². The number of unbranched alkanes of at least 4 members (excludes halogenated alkanes) is 2. The van der Waals surface area contributed by atoms with Gasteiger partial charge >= 0.3 is 0 Å². The van der Waals surface area contributed by atoms with E-state index >= 15 is 0 Å². The molecule has 0 amide bonds. The molecule has 1 saturated heterocycles. The lowest BCUT2D eigenvalue weighted by Crippen LogP contribution is -2.35. The van der Waals surface area contributed by atoms with Crippen LogP contribution in [0.3, 0.4) is 0 Å². The molecule has 0 saturated carbocycles. The van der Waals surface area contributed by atoms with E-state index in [2.05, 4.69) is 37.5 Å². The molecule has 16 heavy (non-hydrogen) atoms. The summed E-state index contributed by atoms with van der Waals surface area (Å²) < 4.78 is 0. The monoisotopic (exact) mass is 221 g/mol. The summed E-state index contributed by atoms with van der Waals surface area (Å²) in [4.78, 5) is 2.51. The lowest BCUT2D eigenvalue weighted by molar-refractivity contribution is 0.173. The standard InChI is InChI=1S/C15H27N/c1-4-5-6-7-8-11-16-12-9-15(10-13-16)14(2)3/h14-15H,4-6,9-13H2,1-3H3. The van der Waals surface area contributed by atoms with Crippen LogP contribution in [0.25, 0.3) is 0 Å². The summed E-state index contributed by atoms with van der Waals surface area (Å²) >= 11 is 0. The SMILES string of the molecule is CCCCC#CCN1CCC(C(C)C)CC1. The van der Waals surface area contributed by atoms with Crippen molar-refractivity contribution in [1.82, 2.24) is 4.90 Å². The molecule has 0 aromatic rings. The molecule has 1 nitrogen and oxygen atoms in total. The largest absolute Gasteiger partial charge is 0.292 e. The fourth-order valence-electron chi connectivity index (χ4n) is 2.30. The minimum Gasteiger partial charge on any atom is -0.292 e. The van der Waals surface area contributed by atoms with E-state index in [1.807, 2.05) is 0 Å². The molecule has 0 radical (unpaired) electrons. The van der Waals surface area contributed by atoms with E-state index in [1.165, 1.54) is 38.8 Å². The number of hydrogen-bond acceptors (Lipinski definition) is 1. The van der Waals surface area contributed by atoms with Crippen LogP contribution in [-0.4, -0.2) is 24.5 Å². The van der Waals surface area contributed by atoms with Gasteiger partial charge in [0.05, 0.1) is 6.54 Å². The van der Waals surface area contributed by atoms with Gasteiger partial charge in [-0.05, 0) is 44.2 Å². The van der Waals surface area contributed by atoms with E-state index in [4.69, 9.17) is 0 Å². The fourth-order valence-corrected chi connectivity index (χ4v) is 2.30. The first-order chi connectivity index (χ1) is 7.74. The molecule has 1 fully saturated rings. The van der Waals surface area contributed by atoms with Crippen LogP contribution in [0.4, 0.5) is 0 Å². The van der Waals surface area contributed by atoms with E-state index in [9.17, 15) is 0 Å². The van der Waals surface area contributed by atoms with Gasteiger partial charge in [0.15, 0.2) is 0 Å². The van der Waals surface area contributed by atoms with Gasteiger partial charge in [-0.2, -0.15) is 0 Å². The van der Waals surface area contributed by atoms with Gasteiger partial charge in [0.1, 0.15) is 0 Å². The second-order valence-corrected chi connectivity index (χ2v) is 5.31. The van der Waals surface area contributed by atoms with Gasteiger partial charge in [0.2, 0.25) is 0 Å². The molecular weight excluding hydrogens is 194 g/mol. The van der Waals surface area contributed by atoms with Crippen molar-refractivity contribution >= 4 is 0 Å². The second kappa shape index (κ2) is 7.74. The highest BCUT2D eigenvalue weighted by molar-refractivity contribution is 5.01. The van der Waals surface area contributed by atoms with E-state index < -0.39 is 0 Å². The Bertz CT molecular complexity index is 226. The van der Waals surface area contributed by atoms with Crippen molar-refractivity contribution in [3.8, 4) is 11.8 Å². The summed E-state index contributed by atoms with van der Waals surface area (Å²) in [5.74, 6) is 8.39. The Morgan fingerprint density at radius 3 is 2.44 bits per heavy atom. The van der Waals surface area contributed by atoms with E-state index in [1.54, 1.807) is 0 Å². The van der Waals surface area contributed by atoms with Gasteiger partial charge in [-0.15, -0.1) is 5.92 Å². The smallest absolute Gasteiger partial charge is 0.0601 e. The Kier molecular flexibility index (Phi) is 6.57. The van der Waals surface area contributed by atoms with Crippen molar-refractivity contribution in [3.63, 3.8) is 0 Å². The predicted molar refractivity (Wildman–Crippen MR) is 71.3 cm³/mol. The summed E-state index contributed by atoms with van der Waals surface area (Å²) in [6.07, 6.45) is 6.33. The first kappa shape index (κ1) is 13.6. The van der Waals surface area contributed by atoms with Crippen LogP contribution in [0, 0.1) is 23.7 Å². The maximum absolute atomic E-state index is 3.31. The van der Waals surface area contributed by atoms with Crippen molar-refractivity contribution in [1.29, 1.82) is 0 Å². The van der Waals surface area contributed by atoms with E-state index in [-0.39, 0.29) is 0 Å². The zero-order valence-electron chi connectivity index (χ0n) is 11.3. The highest BCUT2D eigenvalue weighted by Crippen LogP contribution is 2.23. The number of hydrogen-bond donors (Lipinski definition) is 0. The Morgan fingerprint density at radius 1 is 1.19 bits per heavy atom.